The van der Waals surface area contributed by atoms with Crippen LogP contribution >= 0.6 is 0 Å². The quantitative estimate of drug-likeness (QED) is 0.777. The van der Waals surface area contributed by atoms with Crippen LogP contribution in [0, 0.1) is 0 Å². The highest BCUT2D eigenvalue weighted by atomic mass is 16.3. The lowest BCUT2D eigenvalue weighted by Crippen LogP contribution is -2.09. The highest BCUT2D eigenvalue weighted by Crippen LogP contribution is 2.13. The maximum atomic E-state index is 10.9. The first-order chi connectivity index (χ1) is 9.13. The van der Waals surface area contributed by atoms with E-state index in [9.17, 15) is 9.90 Å². The summed E-state index contributed by atoms with van der Waals surface area (Å²) in [6.07, 6.45) is 1.37. The van der Waals surface area contributed by atoms with Crippen molar-refractivity contribution in [3.8, 4) is 5.75 Å². The molecule has 0 aliphatic carbocycles. The first kappa shape index (κ1) is 12.8. The predicted octanol–water partition coefficient (Wildman–Crippen LogP) is 1.75. The summed E-state index contributed by atoms with van der Waals surface area (Å²) >= 11 is 0. The lowest BCUT2D eigenvalue weighted by Gasteiger charge is -2.07. The number of phenols is 1. The number of hydrogen-bond acceptors (Lipinski definition) is 5. The molecule has 3 N–H and O–H groups in total. The number of nitrogens with one attached hydrogen (secondary N) is 2. The van der Waals surface area contributed by atoms with E-state index in [0.717, 1.165) is 5.56 Å². The molecular weight excluding hydrogens is 244 g/mol. The Balaban J connectivity index is 2.01. The Bertz CT molecular complexity index is 586. The van der Waals surface area contributed by atoms with Gasteiger partial charge in [0.2, 0.25) is 5.91 Å². The summed E-state index contributed by atoms with van der Waals surface area (Å²) in [6.45, 7) is 1.94. The van der Waals surface area contributed by atoms with Gasteiger partial charge in [-0.1, -0.05) is 12.1 Å². The molecule has 0 fully saturated rings. The fraction of sp³-hybridized carbons (Fsp3) is 0.154. The molecule has 98 valence electrons. The zero-order valence-corrected chi connectivity index (χ0v) is 10.4. The zero-order valence-electron chi connectivity index (χ0n) is 10.4. The second-order valence-corrected chi connectivity index (χ2v) is 3.99. The summed E-state index contributed by atoms with van der Waals surface area (Å²) in [6, 6.07) is 8.59. The van der Waals surface area contributed by atoms with E-state index < -0.39 is 0 Å². The standard InChI is InChI=1S/C13H14N4O2/c1-9(18)17-13-6-12(15-8-16-13)14-7-10-3-2-4-11(19)5-10/h2-6,8,19H,7H2,1H3,(H2,14,15,16,17,18). The van der Waals surface area contributed by atoms with Gasteiger partial charge in [-0.25, -0.2) is 9.97 Å². The average molecular weight is 258 g/mol. The van der Waals surface area contributed by atoms with Crippen molar-refractivity contribution in [3.63, 3.8) is 0 Å². The fourth-order valence-corrected chi connectivity index (χ4v) is 1.56. The van der Waals surface area contributed by atoms with E-state index in [0.29, 0.717) is 18.2 Å². The van der Waals surface area contributed by atoms with Gasteiger partial charge < -0.3 is 15.7 Å². The smallest absolute Gasteiger partial charge is 0.222 e. The molecule has 0 saturated heterocycles. The first-order valence-corrected chi connectivity index (χ1v) is 5.75. The predicted molar refractivity (Wildman–Crippen MR) is 71.8 cm³/mol. The first-order valence-electron chi connectivity index (χ1n) is 5.75. The average Bonchev–Trinajstić information content (AvgIpc) is 2.36. The number of amides is 1. The van der Waals surface area contributed by atoms with E-state index in [4.69, 9.17) is 0 Å². The number of benzene rings is 1. The molecule has 2 rings (SSSR count). The van der Waals surface area contributed by atoms with Crippen LogP contribution in [-0.2, 0) is 11.3 Å². The molecule has 1 heterocycles. The van der Waals surface area contributed by atoms with Gasteiger partial charge in [-0.15, -0.1) is 0 Å². The Kier molecular flexibility index (Phi) is 3.92. The van der Waals surface area contributed by atoms with Gasteiger partial charge in [0.15, 0.2) is 0 Å². The van der Waals surface area contributed by atoms with Crippen LogP contribution in [0.5, 0.6) is 5.75 Å². The highest BCUT2D eigenvalue weighted by Gasteiger charge is 2.01. The Morgan fingerprint density at radius 2 is 2.05 bits per heavy atom. The number of nitrogens with zero attached hydrogens (tertiary/aromatic N) is 2. The van der Waals surface area contributed by atoms with E-state index in [-0.39, 0.29) is 11.7 Å². The van der Waals surface area contributed by atoms with Crippen LogP contribution in [0.2, 0.25) is 0 Å². The van der Waals surface area contributed by atoms with Gasteiger partial charge in [-0.3, -0.25) is 4.79 Å². The Morgan fingerprint density at radius 1 is 1.26 bits per heavy atom. The van der Waals surface area contributed by atoms with Crippen LogP contribution in [0.4, 0.5) is 11.6 Å². The third-order valence-electron chi connectivity index (χ3n) is 2.36. The monoisotopic (exact) mass is 258 g/mol. The van der Waals surface area contributed by atoms with Crippen molar-refractivity contribution in [1.82, 2.24) is 9.97 Å². The number of aromatic nitrogens is 2. The number of phenolic OH excluding ortho intramolecular Hbond substituents is 1. The molecule has 0 spiro atoms. The third-order valence-corrected chi connectivity index (χ3v) is 2.36. The minimum absolute atomic E-state index is 0.183. The molecule has 0 aliphatic rings. The van der Waals surface area contributed by atoms with E-state index >= 15 is 0 Å². The largest absolute Gasteiger partial charge is 0.508 e. The Morgan fingerprint density at radius 3 is 2.79 bits per heavy atom. The van der Waals surface area contributed by atoms with Gasteiger partial charge in [-0.05, 0) is 17.7 Å². The number of rotatable bonds is 4. The molecule has 0 saturated carbocycles. The third kappa shape index (κ3) is 3.95. The molecule has 0 aliphatic heterocycles. The summed E-state index contributed by atoms with van der Waals surface area (Å²) in [5, 5.41) is 15.0. The topological polar surface area (TPSA) is 87.1 Å². The molecule has 2 aromatic rings. The number of carbonyl (C=O) groups excluding carboxylic acids is 1. The van der Waals surface area contributed by atoms with Gasteiger partial charge in [-0.2, -0.15) is 0 Å². The van der Waals surface area contributed by atoms with Gasteiger partial charge in [0.25, 0.3) is 0 Å². The summed E-state index contributed by atoms with van der Waals surface area (Å²) in [5.41, 5.74) is 0.930. The number of aromatic hydroxyl groups is 1. The van der Waals surface area contributed by atoms with Gasteiger partial charge in [0.05, 0.1) is 0 Å². The van der Waals surface area contributed by atoms with Crippen LogP contribution < -0.4 is 10.6 Å². The van der Waals surface area contributed by atoms with E-state index in [1.54, 1.807) is 24.3 Å². The van der Waals surface area contributed by atoms with Gasteiger partial charge >= 0.3 is 0 Å². The fourth-order valence-electron chi connectivity index (χ4n) is 1.56. The van der Waals surface area contributed by atoms with Crippen molar-refractivity contribution in [2.75, 3.05) is 10.6 Å². The van der Waals surface area contributed by atoms with Crippen LogP contribution in [0.15, 0.2) is 36.7 Å². The van der Waals surface area contributed by atoms with Crippen LogP contribution in [0.25, 0.3) is 0 Å². The lowest BCUT2D eigenvalue weighted by molar-refractivity contribution is -0.114. The maximum absolute atomic E-state index is 10.9. The van der Waals surface area contributed by atoms with Crippen LogP contribution in [0.1, 0.15) is 12.5 Å². The number of carbonyl (C=O) groups is 1. The van der Waals surface area contributed by atoms with Crippen molar-refractivity contribution < 1.29 is 9.90 Å². The molecule has 1 aromatic carbocycles. The van der Waals surface area contributed by atoms with E-state index in [2.05, 4.69) is 20.6 Å². The normalized spacial score (nSPS) is 9.95. The maximum Gasteiger partial charge on any atom is 0.222 e. The second-order valence-electron chi connectivity index (χ2n) is 3.99. The molecule has 6 heteroatoms. The molecule has 0 atom stereocenters. The molecule has 19 heavy (non-hydrogen) atoms. The Labute approximate surface area is 110 Å². The van der Waals surface area contributed by atoms with E-state index in [1.807, 2.05) is 6.07 Å². The van der Waals surface area contributed by atoms with Gasteiger partial charge in [0, 0.05) is 19.5 Å². The molecule has 0 radical (unpaired) electrons. The van der Waals surface area contributed by atoms with E-state index in [1.165, 1.54) is 13.3 Å². The van der Waals surface area contributed by atoms with Crippen molar-refractivity contribution >= 4 is 17.5 Å². The minimum atomic E-state index is -0.183. The summed E-state index contributed by atoms with van der Waals surface area (Å²) < 4.78 is 0. The molecule has 1 amide bonds. The number of anilines is 2. The molecule has 6 nitrogen and oxygen atoms in total. The van der Waals surface area contributed by atoms with Crippen molar-refractivity contribution in [3.05, 3.63) is 42.2 Å². The molecule has 0 bridgehead atoms. The van der Waals surface area contributed by atoms with Crippen molar-refractivity contribution in [2.45, 2.75) is 13.5 Å². The highest BCUT2D eigenvalue weighted by molar-refractivity contribution is 5.87. The van der Waals surface area contributed by atoms with Crippen molar-refractivity contribution in [1.29, 1.82) is 0 Å². The second kappa shape index (κ2) is 5.81. The molecule has 0 unspecified atom stereocenters. The SMILES string of the molecule is CC(=O)Nc1cc(NCc2cccc(O)c2)ncn1. The van der Waals surface area contributed by atoms with Crippen molar-refractivity contribution in [2.24, 2.45) is 0 Å². The molecular formula is C13H14N4O2. The zero-order chi connectivity index (χ0) is 13.7. The summed E-state index contributed by atoms with van der Waals surface area (Å²) in [7, 11) is 0. The van der Waals surface area contributed by atoms with Crippen LogP contribution in [-0.4, -0.2) is 21.0 Å². The van der Waals surface area contributed by atoms with Gasteiger partial charge in [0.1, 0.15) is 23.7 Å². The lowest BCUT2D eigenvalue weighted by atomic mass is 10.2. The summed E-state index contributed by atoms with van der Waals surface area (Å²) in [4.78, 5) is 18.9. The minimum Gasteiger partial charge on any atom is -0.508 e. The molecule has 1 aromatic heterocycles. The van der Waals surface area contributed by atoms with Crippen LogP contribution in [0.3, 0.4) is 0 Å². The summed E-state index contributed by atoms with van der Waals surface area (Å²) in [5.74, 6) is 1.08. The Hall–Kier alpha value is -2.63. The number of hydrogen-bond donors (Lipinski definition) is 3.